The summed E-state index contributed by atoms with van der Waals surface area (Å²) >= 11 is 7.50. The maximum atomic E-state index is 13.6. The van der Waals surface area contributed by atoms with E-state index >= 15 is 0 Å². The van der Waals surface area contributed by atoms with Crippen molar-refractivity contribution in [2.45, 2.75) is 37.9 Å². The molecule has 3 heterocycles. The molecule has 1 aromatic heterocycles. The normalized spacial score (nSPS) is 18.4. The van der Waals surface area contributed by atoms with Crippen molar-refractivity contribution in [1.82, 2.24) is 19.8 Å². The van der Waals surface area contributed by atoms with Gasteiger partial charge in [0, 0.05) is 50.4 Å². The molecule has 38 heavy (non-hydrogen) atoms. The highest BCUT2D eigenvalue weighted by atomic mass is 35.5. The molecule has 0 spiro atoms. The number of hydrogen-bond acceptors (Lipinski definition) is 8. The van der Waals surface area contributed by atoms with Gasteiger partial charge in [-0.05, 0) is 44.9 Å². The first-order chi connectivity index (χ1) is 18.2. The summed E-state index contributed by atoms with van der Waals surface area (Å²) in [7, 11) is 0. The third-order valence-corrected chi connectivity index (χ3v) is 7.76. The minimum Gasteiger partial charge on any atom is -0.466 e. The summed E-state index contributed by atoms with van der Waals surface area (Å²) < 4.78 is 18.7. The lowest BCUT2D eigenvalue weighted by Crippen LogP contribution is -2.54. The van der Waals surface area contributed by atoms with Crippen LogP contribution in [0.5, 0.6) is 0 Å². The second-order valence-electron chi connectivity index (χ2n) is 9.33. The van der Waals surface area contributed by atoms with Gasteiger partial charge in [-0.2, -0.15) is 0 Å². The quantitative estimate of drug-likeness (QED) is 0.219. The van der Waals surface area contributed by atoms with Crippen LogP contribution in [0.4, 0.5) is 10.2 Å². The lowest BCUT2D eigenvalue weighted by atomic mass is 9.97. The Morgan fingerprint density at radius 3 is 2.58 bits per heavy atom. The van der Waals surface area contributed by atoms with E-state index in [9.17, 15) is 18.8 Å². The van der Waals surface area contributed by atoms with Crippen LogP contribution in [0.15, 0.2) is 35.5 Å². The Labute approximate surface area is 230 Å². The fraction of sp³-hybridized carbons (Fsp3) is 0.500. The predicted molar refractivity (Wildman–Crippen MR) is 143 cm³/mol. The molecule has 2 saturated heterocycles. The van der Waals surface area contributed by atoms with E-state index in [2.05, 4.69) is 9.97 Å². The van der Waals surface area contributed by atoms with Gasteiger partial charge >= 0.3 is 5.97 Å². The van der Waals surface area contributed by atoms with Crippen LogP contribution in [0.2, 0.25) is 5.15 Å². The van der Waals surface area contributed by atoms with Gasteiger partial charge in [-0.3, -0.25) is 14.4 Å². The molecule has 0 aliphatic carbocycles. The van der Waals surface area contributed by atoms with Crippen molar-refractivity contribution < 1.29 is 23.5 Å². The molecule has 2 fully saturated rings. The molecule has 2 aliphatic rings. The number of benzene rings is 1. The lowest BCUT2D eigenvalue weighted by Gasteiger charge is -2.40. The van der Waals surface area contributed by atoms with Crippen molar-refractivity contribution in [3.8, 4) is 0 Å². The van der Waals surface area contributed by atoms with Crippen molar-refractivity contribution in [3.63, 3.8) is 0 Å². The Kier molecular flexibility index (Phi) is 9.43. The first-order valence-corrected chi connectivity index (χ1v) is 14.0. The number of hydrogen-bond donors (Lipinski definition) is 0. The number of piperidine rings is 1. The van der Waals surface area contributed by atoms with E-state index in [0.717, 1.165) is 0 Å². The van der Waals surface area contributed by atoms with Crippen molar-refractivity contribution in [2.24, 2.45) is 5.92 Å². The number of likely N-dealkylation sites (tertiary alicyclic amines) is 1. The second kappa shape index (κ2) is 12.8. The third kappa shape index (κ3) is 6.93. The van der Waals surface area contributed by atoms with E-state index in [4.69, 9.17) is 16.3 Å². The van der Waals surface area contributed by atoms with Crippen molar-refractivity contribution >= 4 is 47.0 Å². The number of aromatic nitrogens is 2. The zero-order chi connectivity index (χ0) is 27.2. The van der Waals surface area contributed by atoms with Crippen LogP contribution in [-0.2, 0) is 14.3 Å². The summed E-state index contributed by atoms with van der Waals surface area (Å²) in [5, 5.41) is 0.666. The molecule has 9 nitrogen and oxygen atoms in total. The summed E-state index contributed by atoms with van der Waals surface area (Å²) in [6.07, 6.45) is 1.19. The van der Waals surface area contributed by atoms with Gasteiger partial charge in [0.1, 0.15) is 16.8 Å². The maximum Gasteiger partial charge on any atom is 0.309 e. The zero-order valence-corrected chi connectivity index (χ0v) is 23.0. The monoisotopic (exact) mass is 563 g/mol. The van der Waals surface area contributed by atoms with Crippen LogP contribution < -0.4 is 4.90 Å². The van der Waals surface area contributed by atoms with E-state index in [1.807, 2.05) is 11.8 Å². The summed E-state index contributed by atoms with van der Waals surface area (Å²) in [5.74, 6) is -0.253. The van der Waals surface area contributed by atoms with Gasteiger partial charge in [-0.1, -0.05) is 29.4 Å². The molecule has 4 rings (SSSR count). The lowest BCUT2D eigenvalue weighted by molar-refractivity contribution is -0.151. The fourth-order valence-corrected chi connectivity index (χ4v) is 5.69. The highest BCUT2D eigenvalue weighted by Crippen LogP contribution is 2.26. The molecule has 0 radical (unpaired) electrons. The van der Waals surface area contributed by atoms with Gasteiger partial charge in [-0.15, -0.1) is 0 Å². The molecule has 0 saturated carbocycles. The van der Waals surface area contributed by atoms with E-state index in [0.29, 0.717) is 68.7 Å². The van der Waals surface area contributed by atoms with Crippen molar-refractivity contribution in [3.05, 3.63) is 46.9 Å². The minimum absolute atomic E-state index is 0.0412. The number of halogens is 2. The molecule has 12 heteroatoms. The minimum atomic E-state index is -0.442. The second-order valence-corrected chi connectivity index (χ2v) is 10.7. The molecular weight excluding hydrogens is 533 g/mol. The zero-order valence-electron chi connectivity index (χ0n) is 21.4. The van der Waals surface area contributed by atoms with Crippen LogP contribution in [0, 0.1) is 11.7 Å². The summed E-state index contributed by atoms with van der Waals surface area (Å²) in [6, 6.07) is 7.24. The molecule has 2 aliphatic heterocycles. The number of anilines is 1. The Hall–Kier alpha value is -2.92. The van der Waals surface area contributed by atoms with Crippen LogP contribution in [-0.4, -0.2) is 88.7 Å². The topological polar surface area (TPSA) is 95.9 Å². The van der Waals surface area contributed by atoms with E-state index < -0.39 is 5.82 Å². The molecular formula is C26H31ClFN5O4S. The van der Waals surface area contributed by atoms with Gasteiger partial charge in [0.15, 0.2) is 5.16 Å². The smallest absolute Gasteiger partial charge is 0.309 e. The molecule has 1 aromatic carbocycles. The van der Waals surface area contributed by atoms with Crippen LogP contribution in [0.25, 0.3) is 0 Å². The number of thioether (sulfide) groups is 1. The number of carbonyl (C=O) groups excluding carboxylic acids is 3. The van der Waals surface area contributed by atoms with Crippen molar-refractivity contribution in [1.29, 1.82) is 0 Å². The molecule has 2 amide bonds. The molecule has 1 atom stereocenters. The van der Waals surface area contributed by atoms with Gasteiger partial charge in [-0.25, -0.2) is 14.4 Å². The number of piperazine rings is 1. The summed E-state index contributed by atoms with van der Waals surface area (Å²) in [5.41, 5.74) is 0.323. The van der Waals surface area contributed by atoms with Crippen molar-refractivity contribution in [2.75, 3.05) is 50.0 Å². The van der Waals surface area contributed by atoms with Gasteiger partial charge in [0.2, 0.25) is 5.91 Å². The number of esters is 1. The average Bonchev–Trinajstić information content (AvgIpc) is 2.91. The summed E-state index contributed by atoms with van der Waals surface area (Å²) in [6.45, 7) is 6.60. The van der Waals surface area contributed by atoms with Crippen LogP contribution in [0.3, 0.4) is 0 Å². The summed E-state index contributed by atoms with van der Waals surface area (Å²) in [4.78, 5) is 52.0. The number of amides is 2. The molecule has 1 unspecified atom stereocenters. The first-order valence-electron chi connectivity index (χ1n) is 12.7. The van der Waals surface area contributed by atoms with Gasteiger partial charge < -0.3 is 19.4 Å². The highest BCUT2D eigenvalue weighted by molar-refractivity contribution is 7.99. The number of rotatable bonds is 7. The standard InChI is InChI=1S/C26H31ClFN5O4S/c1-3-37-25(36)18-7-9-31(10-8-18)23(34)16-38-26-29-21(27)14-22(30-26)32-11-12-33(17(2)15-32)24(35)19-5-4-6-20(28)13-19/h4-6,13-14,17-18H,3,7-12,15-16H2,1-2H3. The molecule has 204 valence electrons. The number of ether oxygens (including phenoxy) is 1. The van der Waals surface area contributed by atoms with Gasteiger partial charge in [0.25, 0.3) is 5.91 Å². The Morgan fingerprint density at radius 2 is 1.89 bits per heavy atom. The molecule has 0 bridgehead atoms. The maximum absolute atomic E-state index is 13.6. The SMILES string of the molecule is CCOC(=O)C1CCN(C(=O)CSc2nc(Cl)cc(N3CCN(C(=O)c4cccc(F)c4)C(C)C3)n2)CC1. The molecule has 2 aromatic rings. The van der Waals surface area contributed by atoms with E-state index in [-0.39, 0.29) is 40.6 Å². The average molecular weight is 564 g/mol. The number of carbonyl (C=O) groups is 3. The van der Waals surface area contributed by atoms with E-state index in [1.165, 1.54) is 30.0 Å². The fourth-order valence-electron chi connectivity index (χ4n) is 4.71. The van der Waals surface area contributed by atoms with Crippen LogP contribution >= 0.6 is 23.4 Å². The Morgan fingerprint density at radius 1 is 1.13 bits per heavy atom. The number of nitrogens with zero attached hydrogens (tertiary/aromatic N) is 5. The largest absolute Gasteiger partial charge is 0.466 e. The Balaban J connectivity index is 1.32. The predicted octanol–water partition coefficient (Wildman–Crippen LogP) is 3.51. The Bertz CT molecular complexity index is 1180. The van der Waals surface area contributed by atoms with Gasteiger partial charge in [0.05, 0.1) is 18.3 Å². The van der Waals surface area contributed by atoms with Crippen LogP contribution in [0.1, 0.15) is 37.0 Å². The molecule has 0 N–H and O–H groups in total. The third-order valence-electron chi connectivity index (χ3n) is 6.74. The highest BCUT2D eigenvalue weighted by Gasteiger charge is 2.30. The first kappa shape index (κ1) is 28.1. The van der Waals surface area contributed by atoms with E-state index in [1.54, 1.807) is 28.9 Å².